The molecule has 5 heteroatoms. The van der Waals surface area contributed by atoms with Gasteiger partial charge in [0.05, 0.1) is 24.9 Å². The Morgan fingerprint density at radius 3 is 3.05 bits per heavy atom. The maximum atomic E-state index is 5.98. The van der Waals surface area contributed by atoms with Crippen LogP contribution >= 0.6 is 0 Å². The van der Waals surface area contributed by atoms with E-state index in [2.05, 4.69) is 17.1 Å². The predicted molar refractivity (Wildman–Crippen MR) is 77.0 cm³/mol. The number of morpholine rings is 1. The van der Waals surface area contributed by atoms with Crippen molar-refractivity contribution in [3.8, 4) is 0 Å². The van der Waals surface area contributed by atoms with E-state index in [1.54, 1.807) is 0 Å². The van der Waals surface area contributed by atoms with Gasteiger partial charge in [-0.05, 0) is 19.4 Å². The van der Waals surface area contributed by atoms with Crippen molar-refractivity contribution in [1.82, 2.24) is 10.2 Å². The van der Waals surface area contributed by atoms with Crippen LogP contribution in [0.25, 0.3) is 0 Å². The van der Waals surface area contributed by atoms with Crippen molar-refractivity contribution < 1.29 is 14.2 Å². The summed E-state index contributed by atoms with van der Waals surface area (Å²) in [5.74, 6) is 0. The summed E-state index contributed by atoms with van der Waals surface area (Å²) in [6, 6.07) is 0.547. The third-order valence-corrected chi connectivity index (χ3v) is 4.86. The zero-order chi connectivity index (χ0) is 13.8. The van der Waals surface area contributed by atoms with E-state index in [9.17, 15) is 0 Å². The first-order valence-corrected chi connectivity index (χ1v) is 8.09. The van der Waals surface area contributed by atoms with Crippen LogP contribution in [-0.2, 0) is 14.2 Å². The van der Waals surface area contributed by atoms with Gasteiger partial charge in [0.15, 0.2) is 0 Å². The fourth-order valence-electron chi connectivity index (χ4n) is 3.55. The van der Waals surface area contributed by atoms with E-state index < -0.39 is 0 Å². The minimum Gasteiger partial charge on any atom is -0.378 e. The topological polar surface area (TPSA) is 43.0 Å². The van der Waals surface area contributed by atoms with E-state index in [0.29, 0.717) is 12.1 Å². The molecule has 0 amide bonds. The van der Waals surface area contributed by atoms with Crippen molar-refractivity contribution in [1.29, 1.82) is 0 Å². The minimum absolute atomic E-state index is 0.00120. The Balaban J connectivity index is 1.43. The Morgan fingerprint density at radius 1 is 1.30 bits per heavy atom. The van der Waals surface area contributed by atoms with E-state index in [1.165, 1.54) is 0 Å². The molecule has 0 aliphatic carbocycles. The van der Waals surface area contributed by atoms with E-state index in [1.807, 2.05) is 0 Å². The van der Waals surface area contributed by atoms with Crippen LogP contribution < -0.4 is 5.32 Å². The fraction of sp³-hybridized carbons (Fsp3) is 1.00. The Labute approximate surface area is 121 Å². The molecule has 0 bridgehead atoms. The van der Waals surface area contributed by atoms with E-state index in [0.717, 1.165) is 71.9 Å². The number of nitrogens with zero attached hydrogens (tertiary/aromatic N) is 1. The van der Waals surface area contributed by atoms with Crippen LogP contribution in [0.4, 0.5) is 0 Å². The standard InChI is InChI=1S/C15H28N2O3/c1-2-17-5-8-19-14(11-17)10-16-13-3-6-20-15(9-13)4-7-18-12-15/h13-14,16H,2-12H2,1H3. The van der Waals surface area contributed by atoms with E-state index in [-0.39, 0.29) is 5.60 Å². The summed E-state index contributed by atoms with van der Waals surface area (Å²) in [5.41, 5.74) is -0.00120. The quantitative estimate of drug-likeness (QED) is 0.820. The highest BCUT2D eigenvalue weighted by Gasteiger charge is 2.41. The van der Waals surface area contributed by atoms with Crippen molar-refractivity contribution in [2.75, 3.05) is 52.6 Å². The second-order valence-corrected chi connectivity index (χ2v) is 6.32. The lowest BCUT2D eigenvalue weighted by Crippen LogP contribution is -2.52. The molecular formula is C15H28N2O3. The van der Waals surface area contributed by atoms with Crippen LogP contribution in [0.5, 0.6) is 0 Å². The zero-order valence-electron chi connectivity index (χ0n) is 12.6. The smallest absolute Gasteiger partial charge is 0.0951 e. The maximum Gasteiger partial charge on any atom is 0.0951 e. The van der Waals surface area contributed by atoms with Crippen molar-refractivity contribution in [2.45, 2.75) is 43.9 Å². The summed E-state index contributed by atoms with van der Waals surface area (Å²) < 4.78 is 17.4. The Hall–Kier alpha value is -0.200. The molecule has 1 N–H and O–H groups in total. The molecule has 0 aromatic heterocycles. The largest absolute Gasteiger partial charge is 0.378 e. The summed E-state index contributed by atoms with van der Waals surface area (Å²) in [6.45, 7) is 9.78. The van der Waals surface area contributed by atoms with Crippen LogP contribution in [0, 0.1) is 0 Å². The van der Waals surface area contributed by atoms with Crippen LogP contribution in [0.1, 0.15) is 26.2 Å². The van der Waals surface area contributed by atoms with Crippen molar-refractivity contribution >= 4 is 0 Å². The molecule has 3 aliphatic rings. The highest BCUT2D eigenvalue weighted by atomic mass is 16.6. The van der Waals surface area contributed by atoms with Crippen molar-refractivity contribution in [2.24, 2.45) is 0 Å². The van der Waals surface area contributed by atoms with Crippen LogP contribution in [0.3, 0.4) is 0 Å². The minimum atomic E-state index is -0.00120. The molecule has 0 saturated carbocycles. The molecule has 3 aliphatic heterocycles. The molecule has 5 nitrogen and oxygen atoms in total. The van der Waals surface area contributed by atoms with E-state index in [4.69, 9.17) is 14.2 Å². The van der Waals surface area contributed by atoms with Gasteiger partial charge in [0.25, 0.3) is 0 Å². The van der Waals surface area contributed by atoms with Gasteiger partial charge in [-0.2, -0.15) is 0 Å². The number of rotatable bonds is 4. The summed E-state index contributed by atoms with van der Waals surface area (Å²) in [4.78, 5) is 2.46. The van der Waals surface area contributed by atoms with Crippen LogP contribution in [0.15, 0.2) is 0 Å². The first-order chi connectivity index (χ1) is 9.80. The number of ether oxygens (including phenoxy) is 3. The first-order valence-electron chi connectivity index (χ1n) is 8.09. The van der Waals surface area contributed by atoms with Crippen molar-refractivity contribution in [3.63, 3.8) is 0 Å². The normalized spacial score (nSPS) is 39.5. The van der Waals surface area contributed by atoms with Gasteiger partial charge in [0.1, 0.15) is 0 Å². The Bertz CT molecular complexity index is 307. The lowest BCUT2D eigenvalue weighted by atomic mass is 9.89. The summed E-state index contributed by atoms with van der Waals surface area (Å²) in [5, 5.41) is 3.70. The molecular weight excluding hydrogens is 256 g/mol. The molecule has 1 spiro atoms. The molecule has 3 atom stereocenters. The lowest BCUT2D eigenvalue weighted by molar-refractivity contribution is -0.0918. The van der Waals surface area contributed by atoms with Gasteiger partial charge in [-0.3, -0.25) is 4.90 Å². The second-order valence-electron chi connectivity index (χ2n) is 6.32. The summed E-state index contributed by atoms with van der Waals surface area (Å²) in [6.07, 6.45) is 3.57. The van der Waals surface area contributed by atoms with Gasteiger partial charge in [0.2, 0.25) is 0 Å². The summed E-state index contributed by atoms with van der Waals surface area (Å²) in [7, 11) is 0. The Kier molecular flexibility index (Phi) is 4.94. The molecule has 3 heterocycles. The third-order valence-electron chi connectivity index (χ3n) is 4.86. The van der Waals surface area contributed by atoms with Gasteiger partial charge in [-0.25, -0.2) is 0 Å². The van der Waals surface area contributed by atoms with Gasteiger partial charge in [-0.15, -0.1) is 0 Å². The molecule has 3 fully saturated rings. The number of nitrogens with one attached hydrogen (secondary N) is 1. The van der Waals surface area contributed by atoms with Crippen LogP contribution in [-0.4, -0.2) is 75.3 Å². The molecule has 3 rings (SSSR count). The van der Waals surface area contributed by atoms with Gasteiger partial charge in [-0.1, -0.05) is 6.92 Å². The predicted octanol–water partition coefficient (Wildman–Crippen LogP) is 0.635. The second kappa shape index (κ2) is 6.71. The van der Waals surface area contributed by atoms with E-state index >= 15 is 0 Å². The first kappa shape index (κ1) is 14.7. The molecule has 0 aromatic carbocycles. The molecule has 0 radical (unpaired) electrons. The lowest BCUT2D eigenvalue weighted by Gasteiger charge is -2.39. The average molecular weight is 284 g/mol. The number of likely N-dealkylation sites (N-methyl/N-ethyl adjacent to an activating group) is 1. The fourth-order valence-corrected chi connectivity index (χ4v) is 3.55. The van der Waals surface area contributed by atoms with Gasteiger partial charge < -0.3 is 19.5 Å². The molecule has 20 heavy (non-hydrogen) atoms. The average Bonchev–Trinajstić information content (AvgIpc) is 2.93. The third kappa shape index (κ3) is 3.52. The monoisotopic (exact) mass is 284 g/mol. The SMILES string of the molecule is CCN1CCOC(CNC2CCOC3(CCOC3)C2)C1. The maximum absolute atomic E-state index is 5.98. The molecule has 0 aromatic rings. The zero-order valence-corrected chi connectivity index (χ0v) is 12.6. The summed E-state index contributed by atoms with van der Waals surface area (Å²) >= 11 is 0. The molecule has 116 valence electrons. The highest BCUT2D eigenvalue weighted by Crippen LogP contribution is 2.32. The highest BCUT2D eigenvalue weighted by molar-refractivity contribution is 4.93. The number of hydrogen-bond acceptors (Lipinski definition) is 5. The molecule has 3 saturated heterocycles. The molecule has 3 unspecified atom stereocenters. The Morgan fingerprint density at radius 2 is 2.25 bits per heavy atom. The van der Waals surface area contributed by atoms with Crippen LogP contribution in [0.2, 0.25) is 0 Å². The van der Waals surface area contributed by atoms with Crippen molar-refractivity contribution in [3.05, 3.63) is 0 Å². The van der Waals surface area contributed by atoms with Gasteiger partial charge in [0, 0.05) is 45.3 Å². The van der Waals surface area contributed by atoms with Gasteiger partial charge >= 0.3 is 0 Å². The number of hydrogen-bond donors (Lipinski definition) is 1.